The number of hydrogen-bond donors (Lipinski definition) is 1. The van der Waals surface area contributed by atoms with Gasteiger partial charge in [0, 0.05) is 39.4 Å². The Kier molecular flexibility index (Phi) is 4.71. The summed E-state index contributed by atoms with van der Waals surface area (Å²) in [6, 6.07) is 1.71. The van der Waals surface area contributed by atoms with E-state index in [9.17, 15) is 14.4 Å². The predicted octanol–water partition coefficient (Wildman–Crippen LogP) is -0.154. The fourth-order valence-electron chi connectivity index (χ4n) is 3.34. The zero-order chi connectivity index (χ0) is 18.1. The molecule has 134 valence electrons. The van der Waals surface area contributed by atoms with Crippen LogP contribution in [0.5, 0.6) is 0 Å². The summed E-state index contributed by atoms with van der Waals surface area (Å²) in [5.74, 6) is -0.124. The van der Waals surface area contributed by atoms with Crippen LogP contribution in [0.3, 0.4) is 0 Å². The van der Waals surface area contributed by atoms with Crippen molar-refractivity contribution in [3.63, 3.8) is 0 Å². The van der Waals surface area contributed by atoms with E-state index >= 15 is 0 Å². The van der Waals surface area contributed by atoms with Gasteiger partial charge in [-0.05, 0) is 25.5 Å². The van der Waals surface area contributed by atoms with Crippen LogP contribution < -0.4 is 16.6 Å². The van der Waals surface area contributed by atoms with Crippen molar-refractivity contribution in [1.82, 2.24) is 24.3 Å². The minimum Gasteiger partial charge on any atom is -0.334 e. The van der Waals surface area contributed by atoms with Crippen molar-refractivity contribution < 1.29 is 4.79 Å². The van der Waals surface area contributed by atoms with Crippen LogP contribution in [-0.4, -0.2) is 50.6 Å². The molecule has 1 fully saturated rings. The van der Waals surface area contributed by atoms with Gasteiger partial charge < -0.3 is 10.2 Å². The van der Waals surface area contributed by atoms with Crippen molar-refractivity contribution in [1.29, 1.82) is 0 Å². The van der Waals surface area contributed by atoms with Crippen LogP contribution in [0.4, 0.5) is 0 Å². The molecule has 25 heavy (non-hydrogen) atoms. The van der Waals surface area contributed by atoms with Crippen LogP contribution in [0.1, 0.15) is 30.1 Å². The fourth-order valence-corrected chi connectivity index (χ4v) is 3.34. The summed E-state index contributed by atoms with van der Waals surface area (Å²) in [7, 11) is 2.98. The van der Waals surface area contributed by atoms with E-state index in [1.54, 1.807) is 13.1 Å². The highest BCUT2D eigenvalue weighted by molar-refractivity contribution is 5.97. The molecule has 0 aromatic carbocycles. The van der Waals surface area contributed by atoms with Gasteiger partial charge in [0.1, 0.15) is 5.65 Å². The van der Waals surface area contributed by atoms with Gasteiger partial charge in [0.15, 0.2) is 0 Å². The van der Waals surface area contributed by atoms with Crippen molar-refractivity contribution in [3.05, 3.63) is 38.7 Å². The van der Waals surface area contributed by atoms with Gasteiger partial charge in [-0.1, -0.05) is 6.92 Å². The Hall–Kier alpha value is -2.48. The first-order valence-electron chi connectivity index (χ1n) is 8.53. The smallest absolute Gasteiger partial charge is 0.332 e. The van der Waals surface area contributed by atoms with Crippen molar-refractivity contribution in [2.75, 3.05) is 19.6 Å². The maximum atomic E-state index is 13.0. The molecule has 1 aliphatic rings. The van der Waals surface area contributed by atoms with Gasteiger partial charge in [0.05, 0.1) is 10.9 Å². The van der Waals surface area contributed by atoms with E-state index in [-0.39, 0.29) is 23.0 Å². The second-order valence-electron chi connectivity index (χ2n) is 6.45. The van der Waals surface area contributed by atoms with E-state index in [1.807, 2.05) is 11.8 Å². The molecular weight excluding hydrogens is 322 g/mol. The Morgan fingerprint density at radius 3 is 2.76 bits per heavy atom. The first kappa shape index (κ1) is 17.3. The second-order valence-corrected chi connectivity index (χ2v) is 6.45. The molecule has 8 heteroatoms. The minimum absolute atomic E-state index is 0.124. The SMILES string of the molecule is CCCN(C(=O)c1cnc2c(c1)c(=O)n(C)c(=O)n2C)C1CCNC1. The molecule has 0 saturated carbocycles. The molecule has 1 amide bonds. The van der Waals surface area contributed by atoms with Gasteiger partial charge in [-0.3, -0.25) is 18.7 Å². The number of nitrogens with one attached hydrogen (secondary N) is 1. The Morgan fingerprint density at radius 1 is 1.36 bits per heavy atom. The molecule has 3 rings (SSSR count). The average molecular weight is 345 g/mol. The van der Waals surface area contributed by atoms with E-state index in [0.717, 1.165) is 30.5 Å². The third-order valence-corrected chi connectivity index (χ3v) is 4.74. The van der Waals surface area contributed by atoms with E-state index in [2.05, 4.69) is 10.3 Å². The molecule has 1 atom stereocenters. The highest BCUT2D eigenvalue weighted by Gasteiger charge is 2.27. The largest absolute Gasteiger partial charge is 0.334 e. The molecule has 8 nitrogen and oxygen atoms in total. The van der Waals surface area contributed by atoms with Crippen molar-refractivity contribution in [3.8, 4) is 0 Å². The molecule has 1 unspecified atom stereocenters. The molecule has 1 aliphatic heterocycles. The Labute approximate surface area is 145 Å². The molecule has 0 aliphatic carbocycles. The standard InChI is InChI=1S/C17H23N5O3/c1-4-7-22(12-5-6-18-10-12)15(23)11-8-13-14(19-9-11)20(2)17(25)21(3)16(13)24/h8-9,12,18H,4-7,10H2,1-3H3. The molecule has 0 spiro atoms. The van der Waals surface area contributed by atoms with Gasteiger partial charge in [-0.25, -0.2) is 9.78 Å². The highest BCUT2D eigenvalue weighted by atomic mass is 16.2. The molecule has 0 bridgehead atoms. The van der Waals surface area contributed by atoms with Crippen LogP contribution in [0.2, 0.25) is 0 Å². The normalized spacial score (nSPS) is 17.2. The second kappa shape index (κ2) is 6.79. The van der Waals surface area contributed by atoms with Gasteiger partial charge in [-0.15, -0.1) is 0 Å². The molecule has 1 saturated heterocycles. The summed E-state index contributed by atoms with van der Waals surface area (Å²) >= 11 is 0. The fraction of sp³-hybridized carbons (Fsp3) is 0.529. The number of amides is 1. The van der Waals surface area contributed by atoms with Crippen molar-refractivity contribution in [2.45, 2.75) is 25.8 Å². The summed E-state index contributed by atoms with van der Waals surface area (Å²) in [6.07, 6.45) is 3.23. The van der Waals surface area contributed by atoms with Gasteiger partial charge in [0.25, 0.3) is 11.5 Å². The Morgan fingerprint density at radius 2 is 2.12 bits per heavy atom. The number of aryl methyl sites for hydroxylation is 1. The predicted molar refractivity (Wildman–Crippen MR) is 94.8 cm³/mol. The number of nitrogens with zero attached hydrogens (tertiary/aromatic N) is 4. The zero-order valence-electron chi connectivity index (χ0n) is 14.8. The first-order valence-corrected chi connectivity index (χ1v) is 8.53. The highest BCUT2D eigenvalue weighted by Crippen LogP contribution is 2.15. The van der Waals surface area contributed by atoms with Crippen LogP contribution in [0.15, 0.2) is 21.9 Å². The lowest BCUT2D eigenvalue weighted by molar-refractivity contribution is 0.0692. The number of carbonyl (C=O) groups excluding carboxylic acids is 1. The monoisotopic (exact) mass is 345 g/mol. The van der Waals surface area contributed by atoms with E-state index in [0.29, 0.717) is 12.1 Å². The van der Waals surface area contributed by atoms with Crippen LogP contribution in [0, 0.1) is 0 Å². The number of hydrogen-bond acceptors (Lipinski definition) is 5. The number of pyridine rings is 1. The van der Waals surface area contributed by atoms with Gasteiger partial charge in [-0.2, -0.15) is 0 Å². The summed E-state index contributed by atoms with van der Waals surface area (Å²) in [5.41, 5.74) is -0.212. The molecule has 0 radical (unpaired) electrons. The number of carbonyl (C=O) groups is 1. The molecule has 2 aromatic heterocycles. The number of fused-ring (bicyclic) bond motifs is 1. The molecule has 2 aromatic rings. The lowest BCUT2D eigenvalue weighted by Crippen LogP contribution is -2.42. The van der Waals surface area contributed by atoms with Gasteiger partial charge >= 0.3 is 5.69 Å². The van der Waals surface area contributed by atoms with E-state index in [1.165, 1.54) is 17.8 Å². The lowest BCUT2D eigenvalue weighted by atomic mass is 10.1. The third kappa shape index (κ3) is 2.97. The molecule has 1 N–H and O–H groups in total. The van der Waals surface area contributed by atoms with Crippen LogP contribution in [0.25, 0.3) is 11.0 Å². The van der Waals surface area contributed by atoms with E-state index < -0.39 is 11.2 Å². The Balaban J connectivity index is 2.07. The van der Waals surface area contributed by atoms with Gasteiger partial charge in [0.2, 0.25) is 0 Å². The van der Waals surface area contributed by atoms with Crippen LogP contribution in [-0.2, 0) is 14.1 Å². The maximum absolute atomic E-state index is 13.0. The number of rotatable bonds is 4. The maximum Gasteiger partial charge on any atom is 0.332 e. The zero-order valence-corrected chi connectivity index (χ0v) is 14.8. The lowest BCUT2D eigenvalue weighted by Gasteiger charge is -2.28. The minimum atomic E-state index is -0.440. The first-order chi connectivity index (χ1) is 12.0. The molecular formula is C17H23N5O3. The molecule has 3 heterocycles. The summed E-state index contributed by atoms with van der Waals surface area (Å²) < 4.78 is 2.35. The average Bonchev–Trinajstić information content (AvgIpc) is 3.16. The summed E-state index contributed by atoms with van der Waals surface area (Å²) in [6.45, 7) is 4.38. The number of aromatic nitrogens is 3. The summed E-state index contributed by atoms with van der Waals surface area (Å²) in [5, 5.41) is 3.55. The van der Waals surface area contributed by atoms with E-state index in [4.69, 9.17) is 0 Å². The topological polar surface area (TPSA) is 89.2 Å². The quantitative estimate of drug-likeness (QED) is 0.832. The summed E-state index contributed by atoms with van der Waals surface area (Å²) in [4.78, 5) is 43.5. The van der Waals surface area contributed by atoms with Crippen molar-refractivity contribution in [2.24, 2.45) is 14.1 Å². The third-order valence-electron chi connectivity index (χ3n) is 4.74. The van der Waals surface area contributed by atoms with Crippen LogP contribution >= 0.6 is 0 Å². The van der Waals surface area contributed by atoms with Crippen molar-refractivity contribution >= 4 is 16.9 Å². The Bertz CT molecular complexity index is 924.